The quantitative estimate of drug-likeness (QED) is 0.683. The van der Waals surface area contributed by atoms with Crippen molar-refractivity contribution in [2.75, 3.05) is 11.9 Å². The SMILES string of the molecule is O=C(NCCCn1ccnc1)Nc1ncc(-c2ccccc2)s1. The van der Waals surface area contributed by atoms with Crippen LogP contribution in [0.3, 0.4) is 0 Å². The third-order valence-electron chi connectivity index (χ3n) is 3.22. The summed E-state index contributed by atoms with van der Waals surface area (Å²) in [4.78, 5) is 21.1. The van der Waals surface area contributed by atoms with Gasteiger partial charge in [-0.25, -0.2) is 14.8 Å². The van der Waals surface area contributed by atoms with Crippen LogP contribution in [-0.2, 0) is 6.54 Å². The average molecular weight is 327 g/mol. The third kappa shape index (κ3) is 4.40. The van der Waals surface area contributed by atoms with Crippen molar-refractivity contribution in [1.29, 1.82) is 0 Å². The molecule has 7 heteroatoms. The van der Waals surface area contributed by atoms with Gasteiger partial charge < -0.3 is 9.88 Å². The highest BCUT2D eigenvalue weighted by atomic mass is 32.1. The van der Waals surface area contributed by atoms with Gasteiger partial charge in [-0.1, -0.05) is 41.7 Å². The van der Waals surface area contributed by atoms with Crippen molar-refractivity contribution in [1.82, 2.24) is 19.9 Å². The number of carbonyl (C=O) groups excluding carboxylic acids is 1. The Balaban J connectivity index is 1.44. The Kier molecular flexibility index (Phi) is 5.00. The lowest BCUT2D eigenvalue weighted by Crippen LogP contribution is -2.29. The van der Waals surface area contributed by atoms with Crippen LogP contribution in [-0.4, -0.2) is 27.1 Å². The lowest BCUT2D eigenvalue weighted by Gasteiger charge is -2.05. The van der Waals surface area contributed by atoms with Crippen LogP contribution in [0.4, 0.5) is 9.93 Å². The van der Waals surface area contributed by atoms with Gasteiger partial charge in [-0.3, -0.25) is 5.32 Å². The van der Waals surface area contributed by atoms with Gasteiger partial charge in [0, 0.05) is 31.7 Å². The number of rotatable bonds is 6. The molecule has 23 heavy (non-hydrogen) atoms. The first-order chi connectivity index (χ1) is 11.3. The van der Waals surface area contributed by atoms with Gasteiger partial charge in [0.15, 0.2) is 5.13 Å². The summed E-state index contributed by atoms with van der Waals surface area (Å²) in [5, 5.41) is 6.18. The van der Waals surface area contributed by atoms with E-state index in [2.05, 4.69) is 20.6 Å². The van der Waals surface area contributed by atoms with Crippen LogP contribution in [0.2, 0.25) is 0 Å². The Labute approximate surface area is 138 Å². The molecule has 0 aliphatic rings. The van der Waals surface area contributed by atoms with Crippen molar-refractivity contribution in [2.45, 2.75) is 13.0 Å². The van der Waals surface area contributed by atoms with Crippen LogP contribution in [0.5, 0.6) is 0 Å². The van der Waals surface area contributed by atoms with Crippen LogP contribution in [0.1, 0.15) is 6.42 Å². The van der Waals surface area contributed by atoms with Gasteiger partial charge in [0.05, 0.1) is 11.2 Å². The predicted molar refractivity (Wildman–Crippen MR) is 91.4 cm³/mol. The molecule has 0 atom stereocenters. The molecule has 0 saturated heterocycles. The van der Waals surface area contributed by atoms with Gasteiger partial charge in [0.2, 0.25) is 0 Å². The lowest BCUT2D eigenvalue weighted by molar-refractivity contribution is 0.252. The molecule has 0 bridgehead atoms. The average Bonchev–Trinajstić information content (AvgIpc) is 3.24. The number of nitrogens with zero attached hydrogens (tertiary/aromatic N) is 3. The molecule has 2 amide bonds. The van der Waals surface area contributed by atoms with Crippen molar-refractivity contribution in [3.63, 3.8) is 0 Å². The van der Waals surface area contributed by atoms with E-state index in [0.29, 0.717) is 11.7 Å². The van der Waals surface area contributed by atoms with Crippen molar-refractivity contribution in [2.24, 2.45) is 0 Å². The minimum absolute atomic E-state index is 0.232. The molecule has 118 valence electrons. The minimum Gasteiger partial charge on any atom is -0.338 e. The molecule has 0 fully saturated rings. The van der Waals surface area contributed by atoms with Gasteiger partial charge in [0.1, 0.15) is 0 Å². The number of urea groups is 1. The first-order valence-corrected chi connectivity index (χ1v) is 8.15. The summed E-state index contributed by atoms with van der Waals surface area (Å²) in [7, 11) is 0. The van der Waals surface area contributed by atoms with Gasteiger partial charge in [-0.15, -0.1) is 0 Å². The van der Waals surface area contributed by atoms with Gasteiger partial charge >= 0.3 is 6.03 Å². The topological polar surface area (TPSA) is 71.8 Å². The molecular formula is C16H17N5OS. The van der Waals surface area contributed by atoms with Crippen molar-refractivity contribution >= 4 is 22.5 Å². The zero-order valence-corrected chi connectivity index (χ0v) is 13.3. The number of thiazole rings is 1. The number of benzene rings is 1. The van der Waals surface area contributed by atoms with Crippen LogP contribution in [0.25, 0.3) is 10.4 Å². The lowest BCUT2D eigenvalue weighted by atomic mass is 10.2. The normalized spacial score (nSPS) is 10.4. The largest absolute Gasteiger partial charge is 0.338 e. The first kappa shape index (κ1) is 15.2. The molecule has 0 unspecified atom stereocenters. The molecule has 0 spiro atoms. The summed E-state index contributed by atoms with van der Waals surface area (Å²) in [5.74, 6) is 0. The number of aromatic nitrogens is 3. The minimum atomic E-state index is -0.232. The number of amides is 2. The van der Waals surface area contributed by atoms with Crippen LogP contribution in [0, 0.1) is 0 Å². The van der Waals surface area contributed by atoms with E-state index >= 15 is 0 Å². The second-order valence-corrected chi connectivity index (χ2v) is 5.96. The molecule has 2 aromatic heterocycles. The highest BCUT2D eigenvalue weighted by Gasteiger charge is 2.07. The third-order valence-corrected chi connectivity index (χ3v) is 4.18. The molecule has 0 aliphatic heterocycles. The fraction of sp³-hybridized carbons (Fsp3) is 0.188. The molecule has 0 aliphatic carbocycles. The number of aryl methyl sites for hydroxylation is 1. The smallest absolute Gasteiger partial charge is 0.321 e. The Morgan fingerprint density at radius 3 is 2.91 bits per heavy atom. The number of hydrogen-bond acceptors (Lipinski definition) is 4. The molecule has 3 aromatic rings. The highest BCUT2D eigenvalue weighted by molar-refractivity contribution is 7.19. The van der Waals surface area contributed by atoms with Gasteiger partial charge in [-0.2, -0.15) is 0 Å². The molecule has 0 radical (unpaired) electrons. The summed E-state index contributed by atoms with van der Waals surface area (Å²) in [6.45, 7) is 1.43. The second kappa shape index (κ2) is 7.55. The summed E-state index contributed by atoms with van der Waals surface area (Å²) in [5.41, 5.74) is 1.10. The van der Waals surface area contributed by atoms with E-state index in [1.807, 2.05) is 41.1 Å². The Hall–Kier alpha value is -2.67. The molecule has 3 rings (SSSR count). The molecule has 2 heterocycles. The summed E-state index contributed by atoms with van der Waals surface area (Å²) >= 11 is 1.46. The molecular weight excluding hydrogens is 310 g/mol. The summed E-state index contributed by atoms with van der Waals surface area (Å²) in [6.07, 6.45) is 8.03. The van der Waals surface area contributed by atoms with E-state index in [-0.39, 0.29) is 6.03 Å². The molecule has 0 saturated carbocycles. The monoisotopic (exact) mass is 327 g/mol. The van der Waals surface area contributed by atoms with Crippen LogP contribution < -0.4 is 10.6 Å². The van der Waals surface area contributed by atoms with E-state index in [1.165, 1.54) is 11.3 Å². The second-order valence-electron chi connectivity index (χ2n) is 4.93. The maximum absolute atomic E-state index is 11.8. The van der Waals surface area contributed by atoms with Crippen molar-refractivity contribution < 1.29 is 4.79 Å². The molecule has 1 aromatic carbocycles. The number of anilines is 1. The number of carbonyl (C=O) groups is 1. The maximum atomic E-state index is 11.8. The van der Waals surface area contributed by atoms with E-state index in [0.717, 1.165) is 23.4 Å². The first-order valence-electron chi connectivity index (χ1n) is 7.33. The molecule has 6 nitrogen and oxygen atoms in total. The van der Waals surface area contributed by atoms with Crippen LogP contribution in [0.15, 0.2) is 55.2 Å². The van der Waals surface area contributed by atoms with Gasteiger partial charge in [0.25, 0.3) is 0 Å². The van der Waals surface area contributed by atoms with E-state index in [9.17, 15) is 4.79 Å². The summed E-state index contributed by atoms with van der Waals surface area (Å²) < 4.78 is 1.98. The maximum Gasteiger partial charge on any atom is 0.321 e. The number of nitrogens with one attached hydrogen (secondary N) is 2. The van der Waals surface area contributed by atoms with Gasteiger partial charge in [-0.05, 0) is 12.0 Å². The summed E-state index contributed by atoms with van der Waals surface area (Å²) in [6, 6.07) is 9.75. The van der Waals surface area contributed by atoms with Crippen molar-refractivity contribution in [3.8, 4) is 10.4 Å². The molecule has 2 N–H and O–H groups in total. The van der Waals surface area contributed by atoms with Crippen LogP contribution >= 0.6 is 11.3 Å². The van der Waals surface area contributed by atoms with Crippen molar-refractivity contribution in [3.05, 3.63) is 55.2 Å². The Morgan fingerprint density at radius 1 is 1.26 bits per heavy atom. The van der Waals surface area contributed by atoms with E-state index in [4.69, 9.17) is 0 Å². The van der Waals surface area contributed by atoms with E-state index in [1.54, 1.807) is 18.7 Å². The fourth-order valence-corrected chi connectivity index (χ4v) is 2.91. The number of hydrogen-bond donors (Lipinski definition) is 2. The predicted octanol–water partition coefficient (Wildman–Crippen LogP) is 3.22. The highest BCUT2D eigenvalue weighted by Crippen LogP contribution is 2.28. The number of imidazole rings is 1. The standard InChI is InChI=1S/C16H17N5OS/c22-15(18-7-4-9-21-10-8-17-12-21)20-16-19-11-14(23-16)13-5-2-1-3-6-13/h1-3,5-6,8,10-12H,4,7,9H2,(H2,18,19,20,22). The Morgan fingerprint density at radius 2 is 2.13 bits per heavy atom. The van der Waals surface area contributed by atoms with E-state index < -0.39 is 0 Å². The fourth-order valence-electron chi connectivity index (χ4n) is 2.09. The zero-order valence-electron chi connectivity index (χ0n) is 12.5. The Bertz CT molecular complexity index is 739. The zero-order chi connectivity index (χ0) is 15.9.